The van der Waals surface area contributed by atoms with E-state index in [2.05, 4.69) is 30.1 Å². The Morgan fingerprint density at radius 1 is 1.24 bits per heavy atom. The third-order valence-corrected chi connectivity index (χ3v) is 6.31. The molecule has 38 heavy (non-hydrogen) atoms. The monoisotopic (exact) mass is 551 g/mol. The van der Waals surface area contributed by atoms with Gasteiger partial charge in [0, 0.05) is 13.3 Å². The summed E-state index contributed by atoms with van der Waals surface area (Å²) in [5.41, 5.74) is 6.90. The molecular formula is C21H26N7O9P. The largest absolute Gasteiger partial charge is 0.508 e. The first-order valence-corrected chi connectivity index (χ1v) is 12.8. The van der Waals surface area contributed by atoms with E-state index in [1.807, 2.05) is 0 Å². The standard InChI is InChI=1S/C21H26N7O9P/c1-10(29)26-13(6-11-2-4-12(30)5-3-11)20(32)27-15-14(7-36-38(33,34)35)37-21(17(15)31)28-9-25-16-18(22)23-8-24-19(16)28/h2-5,8-9,13-15,17,21,30-31H,6-7H2,1H3,(H,26,29)(H,27,32)(H2,22,23,24)(H2,33,34,35)/t13-,14+,15+,17+,21+/m0/s1. The van der Waals surface area contributed by atoms with Gasteiger partial charge in [0.15, 0.2) is 17.7 Å². The Morgan fingerprint density at radius 2 is 1.95 bits per heavy atom. The third-order valence-electron chi connectivity index (χ3n) is 5.82. The Morgan fingerprint density at radius 3 is 2.61 bits per heavy atom. The lowest BCUT2D eigenvalue weighted by Gasteiger charge is -2.25. The number of imidazole rings is 1. The Balaban J connectivity index is 1.59. The van der Waals surface area contributed by atoms with Gasteiger partial charge < -0.3 is 41.1 Å². The number of carbonyl (C=O) groups is 2. The minimum Gasteiger partial charge on any atom is -0.508 e. The van der Waals surface area contributed by atoms with Crippen LogP contribution in [0.4, 0.5) is 5.82 Å². The summed E-state index contributed by atoms with van der Waals surface area (Å²) < 4.78 is 23.1. The molecular weight excluding hydrogens is 525 g/mol. The van der Waals surface area contributed by atoms with Crippen molar-refractivity contribution in [2.45, 2.75) is 43.9 Å². The van der Waals surface area contributed by atoms with Crippen molar-refractivity contribution < 1.29 is 43.4 Å². The van der Waals surface area contributed by atoms with Crippen molar-refractivity contribution in [3.05, 3.63) is 42.5 Å². The van der Waals surface area contributed by atoms with Crippen LogP contribution in [0.3, 0.4) is 0 Å². The molecule has 2 amide bonds. The van der Waals surface area contributed by atoms with E-state index in [9.17, 15) is 34.2 Å². The molecule has 4 rings (SSSR count). The molecule has 204 valence electrons. The number of phosphoric acid groups is 1. The summed E-state index contributed by atoms with van der Waals surface area (Å²) in [6, 6.07) is 3.70. The Kier molecular flexibility index (Phi) is 7.91. The molecule has 1 fully saturated rings. The molecule has 0 radical (unpaired) electrons. The van der Waals surface area contributed by atoms with Crippen molar-refractivity contribution in [1.82, 2.24) is 30.2 Å². The van der Waals surface area contributed by atoms with Gasteiger partial charge >= 0.3 is 7.82 Å². The molecule has 1 aliphatic heterocycles. The Hall–Kier alpha value is -3.66. The fourth-order valence-corrected chi connectivity index (χ4v) is 4.45. The summed E-state index contributed by atoms with van der Waals surface area (Å²) in [5, 5.41) is 25.8. The average Bonchev–Trinajstić information content (AvgIpc) is 3.40. The van der Waals surface area contributed by atoms with Crippen molar-refractivity contribution in [3.8, 4) is 5.75 Å². The minimum absolute atomic E-state index is 0.0264. The van der Waals surface area contributed by atoms with E-state index in [0.29, 0.717) is 5.56 Å². The van der Waals surface area contributed by atoms with Crippen molar-refractivity contribution in [2.75, 3.05) is 12.3 Å². The predicted molar refractivity (Wildman–Crippen MR) is 129 cm³/mol. The molecule has 0 spiro atoms. The summed E-state index contributed by atoms with van der Waals surface area (Å²) in [4.78, 5) is 55.5. The number of carbonyl (C=O) groups excluding carboxylic acids is 2. The second-order valence-electron chi connectivity index (χ2n) is 8.58. The first kappa shape index (κ1) is 27.4. The maximum Gasteiger partial charge on any atom is 0.469 e. The molecule has 8 N–H and O–H groups in total. The molecule has 1 aromatic carbocycles. The lowest BCUT2D eigenvalue weighted by atomic mass is 10.0. The SMILES string of the molecule is CC(=O)N[C@@H](Cc1ccc(O)cc1)C(=O)N[C@H]1[C@@H](O)[C@H](n2cnc3c(N)ncnc32)O[C@@H]1COP(=O)(O)O. The summed E-state index contributed by atoms with van der Waals surface area (Å²) in [6.07, 6.45) is -1.38. The van der Waals surface area contributed by atoms with Crippen LogP contribution in [-0.4, -0.2) is 82.2 Å². The minimum atomic E-state index is -4.92. The van der Waals surface area contributed by atoms with Gasteiger partial charge in [-0.3, -0.25) is 18.7 Å². The van der Waals surface area contributed by atoms with E-state index in [-0.39, 0.29) is 29.2 Å². The molecule has 2 aromatic heterocycles. The zero-order valence-electron chi connectivity index (χ0n) is 19.9. The highest BCUT2D eigenvalue weighted by molar-refractivity contribution is 7.46. The highest BCUT2D eigenvalue weighted by Gasteiger charge is 2.47. The lowest BCUT2D eigenvalue weighted by Crippen LogP contribution is -2.55. The number of phenols is 1. The van der Waals surface area contributed by atoms with Crippen molar-refractivity contribution >= 4 is 36.6 Å². The van der Waals surface area contributed by atoms with Crippen molar-refractivity contribution in [3.63, 3.8) is 0 Å². The zero-order valence-corrected chi connectivity index (χ0v) is 20.8. The third kappa shape index (κ3) is 6.24. The predicted octanol–water partition coefficient (Wildman–Crippen LogP) is -1.29. The molecule has 16 nitrogen and oxygen atoms in total. The van der Waals surface area contributed by atoms with Gasteiger partial charge in [-0.2, -0.15) is 0 Å². The number of amides is 2. The van der Waals surface area contributed by atoms with E-state index >= 15 is 0 Å². The smallest absolute Gasteiger partial charge is 0.469 e. The van der Waals surface area contributed by atoms with Crippen LogP contribution < -0.4 is 16.4 Å². The number of phosphoric ester groups is 1. The lowest BCUT2D eigenvalue weighted by molar-refractivity contribution is -0.129. The van der Waals surface area contributed by atoms with Crippen LogP contribution in [0, 0.1) is 0 Å². The van der Waals surface area contributed by atoms with E-state index < -0.39 is 56.8 Å². The van der Waals surface area contributed by atoms with Crippen LogP contribution in [0.25, 0.3) is 11.2 Å². The van der Waals surface area contributed by atoms with Crippen LogP contribution in [0.1, 0.15) is 18.7 Å². The average molecular weight is 551 g/mol. The molecule has 0 saturated carbocycles. The number of anilines is 1. The van der Waals surface area contributed by atoms with Gasteiger partial charge in [0.25, 0.3) is 0 Å². The summed E-state index contributed by atoms with van der Waals surface area (Å²) in [5.74, 6) is -1.09. The first-order valence-electron chi connectivity index (χ1n) is 11.2. The van der Waals surface area contributed by atoms with E-state index in [1.54, 1.807) is 12.1 Å². The normalized spacial score (nSPS) is 22.3. The molecule has 0 aliphatic carbocycles. The second kappa shape index (κ2) is 11.0. The maximum atomic E-state index is 13.3. The number of hydrogen-bond acceptors (Lipinski definition) is 11. The van der Waals surface area contributed by atoms with Gasteiger partial charge in [-0.25, -0.2) is 19.5 Å². The summed E-state index contributed by atoms with van der Waals surface area (Å²) >= 11 is 0. The van der Waals surface area contributed by atoms with E-state index in [1.165, 1.54) is 36.3 Å². The highest BCUT2D eigenvalue weighted by atomic mass is 31.2. The van der Waals surface area contributed by atoms with Crippen LogP contribution in [-0.2, 0) is 29.8 Å². The number of nitrogens with zero attached hydrogens (tertiary/aromatic N) is 4. The second-order valence-corrected chi connectivity index (χ2v) is 9.82. The molecule has 1 aliphatic rings. The number of phenolic OH excluding ortho intramolecular Hbond substituents is 1. The van der Waals surface area contributed by atoms with Gasteiger partial charge in [0.05, 0.1) is 19.0 Å². The fraction of sp³-hybridized carbons (Fsp3) is 0.381. The summed E-state index contributed by atoms with van der Waals surface area (Å²) in [6.45, 7) is 0.546. The van der Waals surface area contributed by atoms with Crippen molar-refractivity contribution in [1.29, 1.82) is 0 Å². The zero-order chi connectivity index (χ0) is 27.6. The van der Waals surface area contributed by atoms with E-state index in [4.69, 9.17) is 10.5 Å². The van der Waals surface area contributed by atoms with Gasteiger partial charge in [0.1, 0.15) is 35.8 Å². The molecule has 0 bridgehead atoms. The van der Waals surface area contributed by atoms with Gasteiger partial charge in [-0.05, 0) is 17.7 Å². The number of aromatic nitrogens is 4. The number of benzene rings is 1. The Labute approximate surface area is 215 Å². The van der Waals surface area contributed by atoms with Gasteiger partial charge in [-0.15, -0.1) is 0 Å². The molecule has 3 heterocycles. The maximum absolute atomic E-state index is 13.3. The van der Waals surface area contributed by atoms with E-state index in [0.717, 1.165) is 0 Å². The fourth-order valence-electron chi connectivity index (χ4n) is 4.11. The number of nitrogen functional groups attached to an aromatic ring is 1. The van der Waals surface area contributed by atoms with Crippen LogP contribution in [0.5, 0.6) is 5.75 Å². The molecule has 5 atom stereocenters. The van der Waals surface area contributed by atoms with Gasteiger partial charge in [-0.1, -0.05) is 12.1 Å². The van der Waals surface area contributed by atoms with Crippen LogP contribution in [0.15, 0.2) is 36.9 Å². The number of aliphatic hydroxyl groups excluding tert-OH is 1. The van der Waals surface area contributed by atoms with Crippen LogP contribution in [0.2, 0.25) is 0 Å². The molecule has 0 unspecified atom stereocenters. The van der Waals surface area contributed by atoms with Crippen molar-refractivity contribution in [2.24, 2.45) is 0 Å². The number of rotatable bonds is 9. The number of nitrogens with two attached hydrogens (primary N) is 1. The number of fused-ring (bicyclic) bond motifs is 1. The molecule has 3 aromatic rings. The van der Waals surface area contributed by atoms with Crippen LogP contribution >= 0.6 is 7.82 Å². The Bertz CT molecular complexity index is 1360. The number of ether oxygens (including phenoxy) is 1. The topological polar surface area (TPSA) is 244 Å². The highest BCUT2D eigenvalue weighted by Crippen LogP contribution is 2.39. The van der Waals surface area contributed by atoms with Gasteiger partial charge in [0.2, 0.25) is 11.8 Å². The molecule has 17 heteroatoms. The molecule has 1 saturated heterocycles. The number of aliphatic hydroxyl groups is 1. The number of nitrogens with one attached hydrogen (secondary N) is 2. The summed E-state index contributed by atoms with van der Waals surface area (Å²) in [7, 11) is -4.92. The quantitative estimate of drug-likeness (QED) is 0.153. The number of hydrogen-bond donors (Lipinski definition) is 7. The number of aromatic hydroxyl groups is 1. The first-order chi connectivity index (χ1) is 17.9.